The SMILES string of the molecule is OCCCSc1ccc(CO)s1. The van der Waals surface area contributed by atoms with Crippen molar-refractivity contribution in [3.8, 4) is 0 Å². The quantitative estimate of drug-likeness (QED) is 0.566. The second-order valence-electron chi connectivity index (χ2n) is 2.30. The zero-order valence-corrected chi connectivity index (χ0v) is 8.33. The highest BCUT2D eigenvalue weighted by Gasteiger charge is 1.98. The number of aliphatic hydroxyl groups excluding tert-OH is 2. The van der Waals surface area contributed by atoms with E-state index in [-0.39, 0.29) is 13.2 Å². The molecule has 0 fully saturated rings. The van der Waals surface area contributed by atoms with Crippen LogP contribution in [0.25, 0.3) is 0 Å². The van der Waals surface area contributed by atoms with Crippen LogP contribution in [-0.2, 0) is 6.61 Å². The standard InChI is InChI=1S/C8H12O2S2/c9-4-1-5-11-8-3-2-7(6-10)12-8/h2-3,9-10H,1,4-6H2. The molecule has 0 aromatic carbocycles. The third-order valence-corrected chi connectivity index (χ3v) is 3.72. The normalized spacial score (nSPS) is 10.5. The van der Waals surface area contributed by atoms with E-state index < -0.39 is 0 Å². The summed E-state index contributed by atoms with van der Waals surface area (Å²) in [5.41, 5.74) is 0. The molecule has 68 valence electrons. The van der Waals surface area contributed by atoms with E-state index in [1.54, 1.807) is 23.1 Å². The smallest absolute Gasteiger partial charge is 0.0774 e. The molecule has 0 saturated carbocycles. The van der Waals surface area contributed by atoms with Crippen LogP contribution in [0.15, 0.2) is 16.3 Å². The lowest BCUT2D eigenvalue weighted by Crippen LogP contribution is -1.83. The molecular formula is C8H12O2S2. The van der Waals surface area contributed by atoms with Gasteiger partial charge in [0.1, 0.15) is 0 Å². The largest absolute Gasteiger partial charge is 0.396 e. The monoisotopic (exact) mass is 204 g/mol. The molecule has 1 heterocycles. The maximum Gasteiger partial charge on any atom is 0.0774 e. The Balaban J connectivity index is 2.31. The molecular weight excluding hydrogens is 192 g/mol. The molecule has 1 aromatic rings. The molecule has 1 rings (SSSR count). The number of thiophene rings is 1. The van der Waals surface area contributed by atoms with Crippen molar-refractivity contribution in [1.29, 1.82) is 0 Å². The van der Waals surface area contributed by atoms with Crippen molar-refractivity contribution < 1.29 is 10.2 Å². The first kappa shape index (κ1) is 10.1. The van der Waals surface area contributed by atoms with E-state index in [0.717, 1.165) is 17.1 Å². The highest BCUT2D eigenvalue weighted by Crippen LogP contribution is 2.27. The van der Waals surface area contributed by atoms with Gasteiger partial charge in [0.25, 0.3) is 0 Å². The molecule has 0 spiro atoms. The van der Waals surface area contributed by atoms with Crippen molar-refractivity contribution in [2.75, 3.05) is 12.4 Å². The molecule has 0 amide bonds. The van der Waals surface area contributed by atoms with Gasteiger partial charge in [-0.1, -0.05) is 0 Å². The molecule has 2 N–H and O–H groups in total. The van der Waals surface area contributed by atoms with Crippen molar-refractivity contribution in [1.82, 2.24) is 0 Å². The van der Waals surface area contributed by atoms with Gasteiger partial charge in [0.05, 0.1) is 10.8 Å². The zero-order chi connectivity index (χ0) is 8.81. The van der Waals surface area contributed by atoms with Crippen LogP contribution in [-0.4, -0.2) is 22.6 Å². The van der Waals surface area contributed by atoms with Crippen LogP contribution in [0.3, 0.4) is 0 Å². The van der Waals surface area contributed by atoms with Gasteiger partial charge >= 0.3 is 0 Å². The van der Waals surface area contributed by atoms with Crippen LogP contribution in [0.2, 0.25) is 0 Å². The van der Waals surface area contributed by atoms with E-state index in [4.69, 9.17) is 10.2 Å². The van der Waals surface area contributed by atoms with Gasteiger partial charge in [-0.25, -0.2) is 0 Å². The van der Waals surface area contributed by atoms with Gasteiger partial charge in [-0.3, -0.25) is 0 Å². The van der Waals surface area contributed by atoms with Crippen molar-refractivity contribution in [2.45, 2.75) is 17.2 Å². The molecule has 0 aliphatic rings. The summed E-state index contributed by atoms with van der Waals surface area (Å²) < 4.78 is 1.22. The minimum atomic E-state index is 0.130. The number of aliphatic hydroxyl groups is 2. The van der Waals surface area contributed by atoms with Crippen LogP contribution in [0.4, 0.5) is 0 Å². The lowest BCUT2D eigenvalue weighted by atomic mass is 10.5. The molecule has 2 nitrogen and oxygen atoms in total. The second-order valence-corrected chi connectivity index (χ2v) is 4.87. The van der Waals surface area contributed by atoms with E-state index >= 15 is 0 Å². The third kappa shape index (κ3) is 3.15. The van der Waals surface area contributed by atoms with Gasteiger partial charge in [0.15, 0.2) is 0 Å². The number of thioether (sulfide) groups is 1. The molecule has 0 radical (unpaired) electrons. The van der Waals surface area contributed by atoms with Gasteiger partial charge in [0.2, 0.25) is 0 Å². The third-order valence-electron chi connectivity index (χ3n) is 1.34. The van der Waals surface area contributed by atoms with Crippen LogP contribution < -0.4 is 0 Å². The molecule has 0 bridgehead atoms. The first-order valence-electron chi connectivity index (χ1n) is 3.80. The minimum absolute atomic E-state index is 0.130. The molecule has 12 heavy (non-hydrogen) atoms. The highest BCUT2D eigenvalue weighted by molar-refractivity contribution is 8.01. The van der Waals surface area contributed by atoms with Crippen LogP contribution in [0.1, 0.15) is 11.3 Å². The lowest BCUT2D eigenvalue weighted by Gasteiger charge is -1.94. The summed E-state index contributed by atoms with van der Waals surface area (Å²) in [6.07, 6.45) is 0.830. The fourth-order valence-corrected chi connectivity index (χ4v) is 2.80. The van der Waals surface area contributed by atoms with Crippen molar-refractivity contribution in [2.24, 2.45) is 0 Å². The predicted octanol–water partition coefficient (Wildman–Crippen LogP) is 1.71. The predicted molar refractivity (Wildman–Crippen MR) is 52.7 cm³/mol. The Morgan fingerprint density at radius 1 is 1.33 bits per heavy atom. The van der Waals surface area contributed by atoms with Crippen molar-refractivity contribution in [3.63, 3.8) is 0 Å². The van der Waals surface area contributed by atoms with Gasteiger partial charge in [-0.05, 0) is 18.6 Å². The minimum Gasteiger partial charge on any atom is -0.396 e. The number of hydrogen-bond acceptors (Lipinski definition) is 4. The molecule has 0 aliphatic carbocycles. The van der Waals surface area contributed by atoms with Gasteiger partial charge in [-0.15, -0.1) is 23.1 Å². The first-order valence-corrected chi connectivity index (χ1v) is 5.60. The summed E-state index contributed by atoms with van der Waals surface area (Å²) in [6.45, 7) is 0.385. The number of rotatable bonds is 5. The van der Waals surface area contributed by atoms with E-state index in [2.05, 4.69) is 0 Å². The van der Waals surface area contributed by atoms with E-state index in [0.29, 0.717) is 0 Å². The summed E-state index contributed by atoms with van der Waals surface area (Å²) in [7, 11) is 0. The molecule has 0 unspecified atom stereocenters. The topological polar surface area (TPSA) is 40.5 Å². The van der Waals surface area contributed by atoms with Crippen LogP contribution >= 0.6 is 23.1 Å². The van der Waals surface area contributed by atoms with Crippen LogP contribution in [0.5, 0.6) is 0 Å². The fourth-order valence-electron chi connectivity index (χ4n) is 0.758. The molecule has 0 atom stereocenters. The van der Waals surface area contributed by atoms with Crippen LogP contribution in [0, 0.1) is 0 Å². The van der Waals surface area contributed by atoms with Gasteiger partial charge in [-0.2, -0.15) is 0 Å². The fraction of sp³-hybridized carbons (Fsp3) is 0.500. The molecule has 0 saturated heterocycles. The number of hydrogen-bond donors (Lipinski definition) is 2. The van der Waals surface area contributed by atoms with E-state index in [1.165, 1.54) is 4.21 Å². The van der Waals surface area contributed by atoms with Gasteiger partial charge < -0.3 is 10.2 Å². The average Bonchev–Trinajstić information content (AvgIpc) is 2.53. The summed E-state index contributed by atoms with van der Waals surface area (Å²) >= 11 is 3.34. The Morgan fingerprint density at radius 3 is 2.75 bits per heavy atom. The highest BCUT2D eigenvalue weighted by atomic mass is 32.2. The molecule has 4 heteroatoms. The zero-order valence-electron chi connectivity index (χ0n) is 6.69. The maximum absolute atomic E-state index is 8.78. The first-order chi connectivity index (χ1) is 5.86. The van der Waals surface area contributed by atoms with Crippen molar-refractivity contribution >= 4 is 23.1 Å². The Kier molecular flexibility index (Phi) is 4.68. The maximum atomic E-state index is 8.78. The average molecular weight is 204 g/mol. The Morgan fingerprint density at radius 2 is 2.17 bits per heavy atom. The molecule has 1 aromatic heterocycles. The van der Waals surface area contributed by atoms with E-state index in [9.17, 15) is 0 Å². The van der Waals surface area contributed by atoms with E-state index in [1.807, 2.05) is 12.1 Å². The second kappa shape index (κ2) is 5.59. The molecule has 0 aliphatic heterocycles. The lowest BCUT2D eigenvalue weighted by molar-refractivity contribution is 0.285. The Bertz CT molecular complexity index is 223. The summed E-state index contributed by atoms with van der Waals surface area (Å²) in [4.78, 5) is 1.00. The summed E-state index contributed by atoms with van der Waals surface area (Å²) in [6, 6.07) is 3.95. The summed E-state index contributed by atoms with van der Waals surface area (Å²) in [5, 5.41) is 17.3. The van der Waals surface area contributed by atoms with Gasteiger partial charge in [0, 0.05) is 17.2 Å². The Labute approximate surface area is 80.2 Å². The Hall–Kier alpha value is -0.0300. The summed E-state index contributed by atoms with van der Waals surface area (Å²) in [5.74, 6) is 0.946. The van der Waals surface area contributed by atoms with Crippen molar-refractivity contribution in [3.05, 3.63) is 17.0 Å².